The summed E-state index contributed by atoms with van der Waals surface area (Å²) in [4.78, 5) is 15.6. The number of carbonyl (C=O) groups excluding carboxylic acids is 1. The van der Waals surface area contributed by atoms with Gasteiger partial charge in [-0.1, -0.05) is 17.2 Å². The highest BCUT2D eigenvalue weighted by Gasteiger charge is 2.08. The maximum absolute atomic E-state index is 11.8. The number of rotatable bonds is 2. The van der Waals surface area contributed by atoms with Gasteiger partial charge < -0.3 is 0 Å². The number of aryl methyl sites for hydroxylation is 2. The maximum atomic E-state index is 11.8. The molecule has 5 heteroatoms. The first-order valence-corrected chi connectivity index (χ1v) is 4.90. The summed E-state index contributed by atoms with van der Waals surface area (Å²) in [7, 11) is 0. The van der Waals surface area contributed by atoms with Gasteiger partial charge in [-0.15, -0.1) is 0 Å². The van der Waals surface area contributed by atoms with Crippen LogP contribution in [-0.4, -0.2) is 21.1 Å². The van der Waals surface area contributed by atoms with Crippen LogP contribution in [0.1, 0.15) is 21.5 Å². The number of benzene rings is 1. The van der Waals surface area contributed by atoms with Gasteiger partial charge >= 0.3 is 0 Å². The molecule has 0 atom stereocenters. The lowest BCUT2D eigenvalue weighted by molar-refractivity contribution is 0.102. The summed E-state index contributed by atoms with van der Waals surface area (Å²) >= 11 is 0. The summed E-state index contributed by atoms with van der Waals surface area (Å²) in [5.41, 5.74) is 2.74. The van der Waals surface area contributed by atoms with E-state index in [0.717, 1.165) is 11.1 Å². The second-order valence-electron chi connectivity index (χ2n) is 3.66. The number of aromatic amines is 1. The number of hydrogen-bond acceptors (Lipinski definition) is 3. The van der Waals surface area contributed by atoms with E-state index < -0.39 is 0 Å². The second kappa shape index (κ2) is 4.14. The summed E-state index contributed by atoms with van der Waals surface area (Å²) in [5, 5.41) is 8.85. The van der Waals surface area contributed by atoms with Gasteiger partial charge in [-0.05, 0) is 26.0 Å². The molecule has 5 nitrogen and oxygen atoms in total. The second-order valence-corrected chi connectivity index (χ2v) is 3.66. The number of amides is 1. The first kappa shape index (κ1) is 10.4. The molecule has 0 aliphatic rings. The zero-order valence-corrected chi connectivity index (χ0v) is 9.11. The molecule has 1 aromatic carbocycles. The van der Waals surface area contributed by atoms with E-state index in [1.54, 1.807) is 0 Å². The van der Waals surface area contributed by atoms with Crippen LogP contribution in [0.15, 0.2) is 24.5 Å². The number of anilines is 1. The highest BCUT2D eigenvalue weighted by atomic mass is 16.1. The predicted molar refractivity (Wildman–Crippen MR) is 60.3 cm³/mol. The first-order chi connectivity index (χ1) is 7.65. The Morgan fingerprint density at radius 2 is 1.94 bits per heavy atom. The standard InChI is InChI=1S/C11H12N4O/c1-7-3-8(2)5-9(4-7)10(16)14-11-12-6-13-15-11/h3-6H,1-2H3,(H2,12,13,14,15,16). The average molecular weight is 216 g/mol. The molecule has 0 aliphatic carbocycles. The van der Waals surface area contributed by atoms with E-state index in [2.05, 4.69) is 20.5 Å². The Hall–Kier alpha value is -2.17. The fraction of sp³-hybridized carbons (Fsp3) is 0.182. The largest absolute Gasteiger partial charge is 0.291 e. The van der Waals surface area contributed by atoms with Crippen LogP contribution in [0.2, 0.25) is 0 Å². The van der Waals surface area contributed by atoms with Crippen molar-refractivity contribution in [3.05, 3.63) is 41.2 Å². The SMILES string of the molecule is Cc1cc(C)cc(C(=O)Nc2ncn[nH]2)c1. The smallest absolute Gasteiger partial charge is 0.258 e. The van der Waals surface area contributed by atoms with Crippen LogP contribution >= 0.6 is 0 Å². The van der Waals surface area contributed by atoms with Gasteiger partial charge in [-0.25, -0.2) is 5.10 Å². The molecule has 1 heterocycles. The molecule has 2 rings (SSSR count). The fourth-order valence-electron chi connectivity index (χ4n) is 1.55. The van der Waals surface area contributed by atoms with Crippen LogP contribution in [0.4, 0.5) is 5.95 Å². The highest BCUT2D eigenvalue weighted by molar-refractivity contribution is 6.03. The Balaban J connectivity index is 2.21. The number of hydrogen-bond donors (Lipinski definition) is 2. The molecule has 0 spiro atoms. The zero-order chi connectivity index (χ0) is 11.5. The van der Waals surface area contributed by atoms with E-state index in [1.807, 2.05) is 32.0 Å². The zero-order valence-electron chi connectivity index (χ0n) is 9.11. The predicted octanol–water partition coefficient (Wildman–Crippen LogP) is 1.67. The molecule has 1 amide bonds. The molecule has 0 aliphatic heterocycles. The van der Waals surface area contributed by atoms with Crippen molar-refractivity contribution >= 4 is 11.9 Å². The summed E-state index contributed by atoms with van der Waals surface area (Å²) in [5.74, 6) is 0.160. The summed E-state index contributed by atoms with van der Waals surface area (Å²) in [6.45, 7) is 3.91. The Bertz CT molecular complexity index is 484. The third-order valence-corrected chi connectivity index (χ3v) is 2.13. The van der Waals surface area contributed by atoms with Crippen molar-refractivity contribution in [3.8, 4) is 0 Å². The molecule has 0 fully saturated rings. The summed E-state index contributed by atoms with van der Waals surface area (Å²) in [6.07, 6.45) is 1.34. The van der Waals surface area contributed by atoms with Crippen LogP contribution in [-0.2, 0) is 0 Å². The average Bonchev–Trinajstić information content (AvgIpc) is 2.68. The number of H-pyrrole nitrogens is 1. The molecule has 1 aromatic heterocycles. The summed E-state index contributed by atoms with van der Waals surface area (Å²) in [6, 6.07) is 5.68. The van der Waals surface area contributed by atoms with E-state index in [9.17, 15) is 4.79 Å². The third kappa shape index (κ3) is 2.25. The lowest BCUT2D eigenvalue weighted by Crippen LogP contribution is -2.13. The van der Waals surface area contributed by atoms with Crippen molar-refractivity contribution in [1.29, 1.82) is 0 Å². The first-order valence-electron chi connectivity index (χ1n) is 4.90. The molecule has 2 N–H and O–H groups in total. The Kier molecular flexibility index (Phi) is 2.68. The number of nitrogens with one attached hydrogen (secondary N) is 2. The van der Waals surface area contributed by atoms with Gasteiger partial charge in [-0.2, -0.15) is 10.1 Å². The van der Waals surface area contributed by atoms with Crippen LogP contribution in [0.3, 0.4) is 0 Å². The van der Waals surface area contributed by atoms with Gasteiger partial charge in [0.15, 0.2) is 0 Å². The normalized spacial score (nSPS) is 10.1. The highest BCUT2D eigenvalue weighted by Crippen LogP contribution is 2.10. The van der Waals surface area contributed by atoms with Gasteiger partial charge in [0.05, 0.1) is 0 Å². The number of carbonyl (C=O) groups is 1. The van der Waals surface area contributed by atoms with Gasteiger partial charge in [0.2, 0.25) is 5.95 Å². The van der Waals surface area contributed by atoms with Crippen molar-refractivity contribution in [2.45, 2.75) is 13.8 Å². The molecule has 0 radical (unpaired) electrons. The Labute approximate surface area is 92.9 Å². The molecule has 82 valence electrons. The van der Waals surface area contributed by atoms with E-state index in [0.29, 0.717) is 11.5 Å². The van der Waals surface area contributed by atoms with Gasteiger partial charge in [0, 0.05) is 5.56 Å². The molecule has 16 heavy (non-hydrogen) atoms. The maximum Gasteiger partial charge on any atom is 0.258 e. The van der Waals surface area contributed by atoms with Gasteiger partial charge in [0.25, 0.3) is 5.91 Å². The minimum atomic E-state index is -0.191. The fourth-order valence-corrected chi connectivity index (χ4v) is 1.55. The third-order valence-electron chi connectivity index (χ3n) is 2.13. The van der Waals surface area contributed by atoms with Crippen molar-refractivity contribution < 1.29 is 4.79 Å². The van der Waals surface area contributed by atoms with E-state index in [-0.39, 0.29) is 5.91 Å². The molecule has 0 saturated carbocycles. The monoisotopic (exact) mass is 216 g/mol. The van der Waals surface area contributed by atoms with Crippen LogP contribution < -0.4 is 5.32 Å². The van der Waals surface area contributed by atoms with Crippen LogP contribution in [0.25, 0.3) is 0 Å². The van der Waals surface area contributed by atoms with Gasteiger partial charge in [0.1, 0.15) is 6.33 Å². The molecule has 0 bridgehead atoms. The topological polar surface area (TPSA) is 70.7 Å². The van der Waals surface area contributed by atoms with Gasteiger partial charge in [-0.3, -0.25) is 10.1 Å². The van der Waals surface area contributed by atoms with Crippen LogP contribution in [0, 0.1) is 13.8 Å². The molecule has 0 unspecified atom stereocenters. The summed E-state index contributed by atoms with van der Waals surface area (Å²) < 4.78 is 0. The lowest BCUT2D eigenvalue weighted by Gasteiger charge is -2.04. The van der Waals surface area contributed by atoms with Crippen molar-refractivity contribution in [2.75, 3.05) is 5.32 Å². The molecule has 0 saturated heterocycles. The number of nitrogens with zero attached hydrogens (tertiary/aromatic N) is 2. The van der Waals surface area contributed by atoms with E-state index in [4.69, 9.17) is 0 Å². The van der Waals surface area contributed by atoms with Crippen molar-refractivity contribution in [2.24, 2.45) is 0 Å². The van der Waals surface area contributed by atoms with E-state index in [1.165, 1.54) is 6.33 Å². The lowest BCUT2D eigenvalue weighted by atomic mass is 10.1. The number of aromatic nitrogens is 3. The minimum absolute atomic E-state index is 0.191. The Morgan fingerprint density at radius 3 is 2.50 bits per heavy atom. The van der Waals surface area contributed by atoms with Crippen molar-refractivity contribution in [1.82, 2.24) is 15.2 Å². The van der Waals surface area contributed by atoms with E-state index >= 15 is 0 Å². The molecular weight excluding hydrogens is 204 g/mol. The Morgan fingerprint density at radius 1 is 1.25 bits per heavy atom. The molecule has 2 aromatic rings. The van der Waals surface area contributed by atoms with Crippen LogP contribution in [0.5, 0.6) is 0 Å². The quantitative estimate of drug-likeness (QED) is 0.802. The minimum Gasteiger partial charge on any atom is -0.291 e. The van der Waals surface area contributed by atoms with Crippen molar-refractivity contribution in [3.63, 3.8) is 0 Å². The molecular formula is C11H12N4O.